The van der Waals surface area contributed by atoms with E-state index in [2.05, 4.69) is 33.9 Å². The molecule has 7 heteroatoms. The van der Waals surface area contributed by atoms with Gasteiger partial charge < -0.3 is 5.32 Å². The summed E-state index contributed by atoms with van der Waals surface area (Å²) in [6, 6.07) is 8.48. The van der Waals surface area contributed by atoms with Gasteiger partial charge >= 0.3 is 0 Å². The van der Waals surface area contributed by atoms with Crippen molar-refractivity contribution in [3.8, 4) is 0 Å². The molecule has 118 valence electrons. The van der Waals surface area contributed by atoms with Gasteiger partial charge in [-0.2, -0.15) is 0 Å². The van der Waals surface area contributed by atoms with Crippen LogP contribution in [0.2, 0.25) is 0 Å². The first kappa shape index (κ1) is 16.4. The number of benzene rings is 1. The number of hydrogen-bond donors (Lipinski definition) is 2. The van der Waals surface area contributed by atoms with Crippen molar-refractivity contribution in [1.82, 2.24) is 14.7 Å². The highest BCUT2D eigenvalue weighted by Gasteiger charge is 2.13. The molecule has 1 aromatic heterocycles. The lowest BCUT2D eigenvalue weighted by Gasteiger charge is -2.10. The third-order valence-corrected chi connectivity index (χ3v) is 4.57. The van der Waals surface area contributed by atoms with Crippen LogP contribution >= 0.6 is 0 Å². The van der Waals surface area contributed by atoms with E-state index in [1.807, 2.05) is 6.07 Å². The Morgan fingerprint density at radius 3 is 2.64 bits per heavy atom. The molecule has 1 aromatic carbocycles. The molecule has 2 aromatic rings. The van der Waals surface area contributed by atoms with Crippen molar-refractivity contribution in [2.45, 2.75) is 31.6 Å². The Kier molecular flexibility index (Phi) is 5.10. The molecule has 0 atom stereocenters. The van der Waals surface area contributed by atoms with E-state index >= 15 is 0 Å². The van der Waals surface area contributed by atoms with Crippen LogP contribution < -0.4 is 10.0 Å². The predicted octanol–water partition coefficient (Wildman–Crippen LogP) is 2.64. The van der Waals surface area contributed by atoms with Crippen molar-refractivity contribution < 1.29 is 8.42 Å². The fourth-order valence-electron chi connectivity index (χ4n) is 1.92. The van der Waals surface area contributed by atoms with E-state index in [0.29, 0.717) is 24.0 Å². The van der Waals surface area contributed by atoms with E-state index in [-0.39, 0.29) is 4.90 Å². The van der Waals surface area contributed by atoms with Gasteiger partial charge in [-0.05, 0) is 24.1 Å². The summed E-state index contributed by atoms with van der Waals surface area (Å²) in [5.41, 5.74) is 1.58. The topological polar surface area (TPSA) is 84.0 Å². The Balaban J connectivity index is 2.26. The molecule has 0 amide bonds. The fraction of sp³-hybridized carbons (Fsp3) is 0.333. The summed E-state index contributed by atoms with van der Waals surface area (Å²) in [6.45, 7) is 6.20. The fourth-order valence-corrected chi connectivity index (χ4v) is 3.01. The summed E-state index contributed by atoms with van der Waals surface area (Å²) in [7, 11) is -3.47. The molecule has 0 aliphatic carbocycles. The van der Waals surface area contributed by atoms with E-state index in [1.165, 1.54) is 6.33 Å². The third-order valence-electron chi connectivity index (χ3n) is 3.03. The average Bonchev–Trinajstić information content (AvgIpc) is 2.48. The molecule has 0 unspecified atom stereocenters. The van der Waals surface area contributed by atoms with Crippen LogP contribution in [-0.2, 0) is 10.0 Å². The molecule has 0 bridgehead atoms. The number of aromatic nitrogens is 2. The minimum absolute atomic E-state index is 0.220. The van der Waals surface area contributed by atoms with E-state index in [9.17, 15) is 8.42 Å². The number of nitrogens with one attached hydrogen (secondary N) is 2. The van der Waals surface area contributed by atoms with Gasteiger partial charge in [0.05, 0.1) is 4.90 Å². The number of nitrogens with zero attached hydrogens (tertiary/aromatic N) is 2. The number of sulfonamides is 1. The lowest BCUT2D eigenvalue weighted by molar-refractivity contribution is 0.584. The second kappa shape index (κ2) is 6.85. The van der Waals surface area contributed by atoms with Crippen molar-refractivity contribution in [2.75, 3.05) is 11.9 Å². The lowest BCUT2D eigenvalue weighted by Crippen LogP contribution is -2.23. The smallest absolute Gasteiger partial charge is 0.240 e. The zero-order valence-electron chi connectivity index (χ0n) is 12.9. The number of hydrogen-bond acceptors (Lipinski definition) is 5. The highest BCUT2D eigenvalue weighted by molar-refractivity contribution is 7.89. The second-order valence-electron chi connectivity index (χ2n) is 5.14. The third kappa shape index (κ3) is 4.02. The van der Waals surface area contributed by atoms with Gasteiger partial charge in [0.1, 0.15) is 12.1 Å². The summed E-state index contributed by atoms with van der Waals surface area (Å²) in [5, 5.41) is 3.11. The van der Waals surface area contributed by atoms with Gasteiger partial charge in [-0.15, -0.1) is 0 Å². The molecule has 22 heavy (non-hydrogen) atoms. The molecule has 0 aliphatic heterocycles. The Bertz CT molecular complexity index is 745. The molecule has 0 aliphatic rings. The molecule has 1 heterocycles. The summed E-state index contributed by atoms with van der Waals surface area (Å²) in [5.74, 6) is 0.931. The van der Waals surface area contributed by atoms with Crippen molar-refractivity contribution in [1.29, 1.82) is 0 Å². The quantitative estimate of drug-likeness (QED) is 0.855. The molecular formula is C15H20N4O2S. The first-order valence-electron chi connectivity index (χ1n) is 7.11. The van der Waals surface area contributed by atoms with Crippen molar-refractivity contribution in [3.05, 3.63) is 42.4 Å². The zero-order valence-corrected chi connectivity index (χ0v) is 13.7. The van der Waals surface area contributed by atoms with Gasteiger partial charge in [-0.25, -0.2) is 23.1 Å². The van der Waals surface area contributed by atoms with Gasteiger partial charge in [-0.1, -0.05) is 26.8 Å². The van der Waals surface area contributed by atoms with Crippen LogP contribution in [0.3, 0.4) is 0 Å². The van der Waals surface area contributed by atoms with Crippen molar-refractivity contribution in [2.24, 2.45) is 0 Å². The van der Waals surface area contributed by atoms with Crippen LogP contribution in [-0.4, -0.2) is 24.9 Å². The van der Waals surface area contributed by atoms with Gasteiger partial charge in [0, 0.05) is 24.0 Å². The minimum Gasteiger partial charge on any atom is -0.340 e. The maximum Gasteiger partial charge on any atom is 0.240 e. The molecule has 2 rings (SSSR count). The normalized spacial score (nSPS) is 11.6. The molecule has 2 N–H and O–H groups in total. The van der Waals surface area contributed by atoms with Crippen LogP contribution in [0.5, 0.6) is 0 Å². The van der Waals surface area contributed by atoms with Crippen LogP contribution in [0.15, 0.2) is 41.6 Å². The van der Waals surface area contributed by atoms with E-state index in [4.69, 9.17) is 0 Å². The van der Waals surface area contributed by atoms with Crippen molar-refractivity contribution >= 4 is 21.5 Å². The standard InChI is InChI=1S/C15H20N4O2S/c1-4-18-22(20,21)13-7-5-6-12(8-13)19-15-9-14(11(2)3)16-10-17-15/h5-11,18H,4H2,1-3H3,(H,16,17,19). The van der Waals surface area contributed by atoms with Gasteiger partial charge in [0.25, 0.3) is 0 Å². The van der Waals surface area contributed by atoms with E-state index < -0.39 is 10.0 Å². The predicted molar refractivity (Wildman–Crippen MR) is 86.7 cm³/mol. The number of anilines is 2. The first-order valence-corrected chi connectivity index (χ1v) is 8.59. The maximum absolute atomic E-state index is 12.0. The Morgan fingerprint density at radius 1 is 1.18 bits per heavy atom. The Labute approximate surface area is 131 Å². The largest absolute Gasteiger partial charge is 0.340 e. The maximum atomic E-state index is 12.0. The molecule has 0 radical (unpaired) electrons. The zero-order chi connectivity index (χ0) is 16.2. The van der Waals surface area contributed by atoms with E-state index in [1.54, 1.807) is 31.2 Å². The molecule has 6 nitrogen and oxygen atoms in total. The average molecular weight is 320 g/mol. The van der Waals surface area contributed by atoms with Crippen LogP contribution in [0.25, 0.3) is 0 Å². The van der Waals surface area contributed by atoms with E-state index in [0.717, 1.165) is 5.69 Å². The molecule has 0 fully saturated rings. The SMILES string of the molecule is CCNS(=O)(=O)c1cccc(Nc2cc(C(C)C)ncn2)c1. The summed E-state index contributed by atoms with van der Waals surface area (Å²) in [4.78, 5) is 8.58. The second-order valence-corrected chi connectivity index (χ2v) is 6.90. The monoisotopic (exact) mass is 320 g/mol. The molecule has 0 saturated carbocycles. The van der Waals surface area contributed by atoms with Crippen LogP contribution in [0, 0.1) is 0 Å². The minimum atomic E-state index is -3.47. The van der Waals surface area contributed by atoms with Crippen LogP contribution in [0.4, 0.5) is 11.5 Å². The molecule has 0 saturated heterocycles. The van der Waals surface area contributed by atoms with Gasteiger partial charge in [0.15, 0.2) is 0 Å². The molecular weight excluding hydrogens is 300 g/mol. The highest BCUT2D eigenvalue weighted by Crippen LogP contribution is 2.20. The van der Waals surface area contributed by atoms with Crippen molar-refractivity contribution in [3.63, 3.8) is 0 Å². The van der Waals surface area contributed by atoms with Gasteiger partial charge in [0.2, 0.25) is 10.0 Å². The summed E-state index contributed by atoms with van der Waals surface area (Å²) >= 11 is 0. The summed E-state index contributed by atoms with van der Waals surface area (Å²) in [6.07, 6.45) is 1.50. The Hall–Kier alpha value is -1.99. The summed E-state index contributed by atoms with van der Waals surface area (Å²) < 4.78 is 26.5. The van der Waals surface area contributed by atoms with Crippen LogP contribution in [0.1, 0.15) is 32.4 Å². The number of rotatable bonds is 6. The Morgan fingerprint density at radius 2 is 1.95 bits per heavy atom. The molecule has 0 spiro atoms. The lowest BCUT2D eigenvalue weighted by atomic mass is 10.1. The highest BCUT2D eigenvalue weighted by atomic mass is 32.2. The first-order chi connectivity index (χ1) is 10.4. The van der Waals surface area contributed by atoms with Gasteiger partial charge in [-0.3, -0.25) is 0 Å².